The average Bonchev–Trinajstić information content (AvgIpc) is 3.31. The van der Waals surface area contributed by atoms with Crippen molar-refractivity contribution in [3.05, 3.63) is 56.7 Å². The van der Waals surface area contributed by atoms with E-state index in [0.29, 0.717) is 15.8 Å². The Labute approximate surface area is 163 Å². The first-order valence-corrected chi connectivity index (χ1v) is 10.1. The predicted octanol–water partition coefficient (Wildman–Crippen LogP) is 4.28. The maximum atomic E-state index is 12.0. The second-order valence-electron chi connectivity index (χ2n) is 6.60. The van der Waals surface area contributed by atoms with Crippen molar-refractivity contribution in [3.8, 4) is 0 Å². The van der Waals surface area contributed by atoms with Crippen molar-refractivity contribution in [2.24, 2.45) is 0 Å². The van der Waals surface area contributed by atoms with Gasteiger partial charge in [0.25, 0.3) is 0 Å². The maximum absolute atomic E-state index is 12.0. The van der Waals surface area contributed by atoms with Crippen LogP contribution in [0.2, 0.25) is 4.34 Å². The van der Waals surface area contributed by atoms with Crippen LogP contribution in [0.5, 0.6) is 0 Å². The van der Waals surface area contributed by atoms with E-state index in [9.17, 15) is 9.59 Å². The van der Waals surface area contributed by atoms with E-state index in [1.807, 2.05) is 0 Å². The summed E-state index contributed by atoms with van der Waals surface area (Å²) in [6, 6.07) is 11.8. The van der Waals surface area contributed by atoms with Crippen LogP contribution in [0.4, 0.5) is 0 Å². The second kappa shape index (κ2) is 9.31. The number of nitrogens with one attached hydrogen (secondary N) is 1. The number of hydrogen-bond acceptors (Lipinski definition) is 4. The van der Waals surface area contributed by atoms with Crippen molar-refractivity contribution in [1.29, 1.82) is 0 Å². The Morgan fingerprint density at radius 2 is 1.69 bits per heavy atom. The highest BCUT2D eigenvalue weighted by molar-refractivity contribution is 7.18. The molecule has 0 spiro atoms. The molecular formula is C20H23ClN2O2S. The van der Waals surface area contributed by atoms with E-state index in [1.165, 1.54) is 42.8 Å². The van der Waals surface area contributed by atoms with Crippen molar-refractivity contribution >= 4 is 34.6 Å². The Morgan fingerprint density at radius 1 is 1.00 bits per heavy atom. The third-order valence-electron chi connectivity index (χ3n) is 4.54. The van der Waals surface area contributed by atoms with Crippen molar-refractivity contribution in [2.75, 3.05) is 13.1 Å². The highest BCUT2D eigenvalue weighted by Gasteiger charge is 2.12. The average molecular weight is 391 g/mol. The molecule has 0 saturated carbocycles. The number of benzene rings is 1. The summed E-state index contributed by atoms with van der Waals surface area (Å²) in [5, 5.41) is 2.88. The van der Waals surface area contributed by atoms with Gasteiger partial charge in [-0.3, -0.25) is 14.5 Å². The summed E-state index contributed by atoms with van der Waals surface area (Å²) in [7, 11) is 0. The van der Waals surface area contributed by atoms with Gasteiger partial charge in [0.1, 0.15) is 0 Å². The highest BCUT2D eigenvalue weighted by atomic mass is 35.5. The summed E-state index contributed by atoms with van der Waals surface area (Å²) in [5.41, 5.74) is 2.38. The Bertz CT molecular complexity index is 751. The van der Waals surface area contributed by atoms with Crippen LogP contribution >= 0.6 is 22.9 Å². The molecule has 1 aliphatic heterocycles. The van der Waals surface area contributed by atoms with Crippen molar-refractivity contribution < 1.29 is 9.59 Å². The summed E-state index contributed by atoms with van der Waals surface area (Å²) >= 11 is 7.08. The van der Waals surface area contributed by atoms with Gasteiger partial charge < -0.3 is 5.32 Å². The maximum Gasteiger partial charge on any atom is 0.220 e. The largest absolute Gasteiger partial charge is 0.352 e. The topological polar surface area (TPSA) is 49.4 Å². The van der Waals surface area contributed by atoms with Gasteiger partial charge in [-0.05, 0) is 49.2 Å². The molecule has 4 nitrogen and oxygen atoms in total. The van der Waals surface area contributed by atoms with Gasteiger partial charge in [-0.25, -0.2) is 0 Å². The van der Waals surface area contributed by atoms with Gasteiger partial charge >= 0.3 is 0 Å². The molecule has 3 rings (SSSR count). The summed E-state index contributed by atoms with van der Waals surface area (Å²) in [6.07, 6.45) is 3.00. The number of carbonyl (C=O) groups is 2. The summed E-state index contributed by atoms with van der Waals surface area (Å²) in [5.74, 6) is -0.148. The molecule has 0 radical (unpaired) electrons. The summed E-state index contributed by atoms with van der Waals surface area (Å²) < 4.78 is 0.589. The van der Waals surface area contributed by atoms with Crippen LogP contribution in [0.3, 0.4) is 0 Å². The van der Waals surface area contributed by atoms with Crippen LogP contribution in [0.15, 0.2) is 36.4 Å². The van der Waals surface area contributed by atoms with Gasteiger partial charge in [-0.1, -0.05) is 35.9 Å². The Morgan fingerprint density at radius 3 is 2.35 bits per heavy atom. The first-order valence-electron chi connectivity index (χ1n) is 8.95. The number of halogens is 1. The van der Waals surface area contributed by atoms with Gasteiger partial charge in [0, 0.05) is 25.9 Å². The van der Waals surface area contributed by atoms with Gasteiger partial charge in [-0.2, -0.15) is 0 Å². The molecule has 0 aliphatic carbocycles. The van der Waals surface area contributed by atoms with Crippen LogP contribution < -0.4 is 5.32 Å². The zero-order chi connectivity index (χ0) is 18.4. The van der Waals surface area contributed by atoms with Gasteiger partial charge in [0.05, 0.1) is 9.21 Å². The van der Waals surface area contributed by atoms with Crippen molar-refractivity contribution in [3.63, 3.8) is 0 Å². The smallest absolute Gasteiger partial charge is 0.220 e. The second-order valence-corrected chi connectivity index (χ2v) is 8.32. The zero-order valence-electron chi connectivity index (χ0n) is 14.7. The molecule has 1 saturated heterocycles. The number of nitrogens with zero attached hydrogens (tertiary/aromatic N) is 1. The molecule has 1 amide bonds. The van der Waals surface area contributed by atoms with E-state index < -0.39 is 0 Å². The number of thiophene rings is 1. The van der Waals surface area contributed by atoms with Crippen LogP contribution in [0, 0.1) is 0 Å². The SMILES string of the molecule is O=C(CCC(=O)c1ccc(Cl)s1)NCc1ccc(CN2CCCC2)cc1. The number of amides is 1. The van der Waals surface area contributed by atoms with E-state index in [4.69, 9.17) is 11.6 Å². The van der Waals surface area contributed by atoms with Crippen LogP contribution in [0.25, 0.3) is 0 Å². The molecule has 0 bridgehead atoms. The van der Waals surface area contributed by atoms with E-state index in [1.54, 1.807) is 12.1 Å². The molecule has 1 fully saturated rings. The van der Waals surface area contributed by atoms with Crippen LogP contribution in [-0.4, -0.2) is 29.7 Å². The zero-order valence-corrected chi connectivity index (χ0v) is 16.2. The molecular weight excluding hydrogens is 368 g/mol. The lowest BCUT2D eigenvalue weighted by Gasteiger charge is -2.14. The number of likely N-dealkylation sites (tertiary alicyclic amines) is 1. The number of ketones is 1. The molecule has 1 aromatic heterocycles. The number of Topliss-reactive ketones (excluding diaryl/α,β-unsaturated/α-hetero) is 1. The number of carbonyl (C=O) groups excluding carboxylic acids is 2. The van der Waals surface area contributed by atoms with Crippen molar-refractivity contribution in [2.45, 2.75) is 38.8 Å². The predicted molar refractivity (Wildman–Crippen MR) is 106 cm³/mol. The fourth-order valence-electron chi connectivity index (χ4n) is 3.06. The first-order chi connectivity index (χ1) is 12.6. The highest BCUT2D eigenvalue weighted by Crippen LogP contribution is 2.22. The molecule has 1 aliphatic rings. The Balaban J connectivity index is 1.39. The van der Waals surface area contributed by atoms with Gasteiger partial charge in [0.15, 0.2) is 5.78 Å². The molecule has 6 heteroatoms. The molecule has 1 N–H and O–H groups in total. The number of hydrogen-bond donors (Lipinski definition) is 1. The molecule has 1 aromatic carbocycles. The molecule has 0 atom stereocenters. The molecule has 2 heterocycles. The van der Waals surface area contributed by atoms with E-state index in [0.717, 1.165) is 12.1 Å². The van der Waals surface area contributed by atoms with Crippen LogP contribution in [0.1, 0.15) is 46.5 Å². The van der Waals surface area contributed by atoms with Crippen LogP contribution in [-0.2, 0) is 17.9 Å². The molecule has 138 valence electrons. The molecule has 0 unspecified atom stereocenters. The number of rotatable bonds is 8. The quantitative estimate of drug-likeness (QED) is 0.684. The monoisotopic (exact) mass is 390 g/mol. The minimum absolute atomic E-state index is 0.0386. The first kappa shape index (κ1) is 19.1. The lowest BCUT2D eigenvalue weighted by atomic mass is 10.1. The lowest BCUT2D eigenvalue weighted by Crippen LogP contribution is -2.23. The van der Waals surface area contributed by atoms with E-state index in [2.05, 4.69) is 34.5 Å². The van der Waals surface area contributed by atoms with Gasteiger partial charge in [0.2, 0.25) is 5.91 Å². The minimum Gasteiger partial charge on any atom is -0.352 e. The van der Waals surface area contributed by atoms with Crippen molar-refractivity contribution in [1.82, 2.24) is 10.2 Å². The van der Waals surface area contributed by atoms with Gasteiger partial charge in [-0.15, -0.1) is 11.3 Å². The van der Waals surface area contributed by atoms with E-state index in [-0.39, 0.29) is 24.5 Å². The third-order valence-corrected chi connectivity index (χ3v) is 5.82. The summed E-state index contributed by atoms with van der Waals surface area (Å²) in [4.78, 5) is 27.0. The normalized spacial score (nSPS) is 14.5. The Kier molecular flexibility index (Phi) is 6.83. The standard InChI is InChI=1S/C20H23ClN2O2S/c21-19-9-8-18(26-19)17(24)7-10-20(25)22-13-15-3-5-16(6-4-15)14-23-11-1-2-12-23/h3-6,8-9H,1-2,7,10-14H2,(H,22,25). The molecule has 26 heavy (non-hydrogen) atoms. The third kappa shape index (κ3) is 5.66. The fourth-order valence-corrected chi connectivity index (χ4v) is 4.08. The minimum atomic E-state index is -0.109. The fraction of sp³-hybridized carbons (Fsp3) is 0.400. The molecule has 2 aromatic rings. The van der Waals surface area contributed by atoms with E-state index >= 15 is 0 Å². The lowest BCUT2D eigenvalue weighted by molar-refractivity contribution is -0.121. The summed E-state index contributed by atoms with van der Waals surface area (Å²) in [6.45, 7) is 3.87. The Hall–Kier alpha value is -1.69.